The lowest BCUT2D eigenvalue weighted by Crippen LogP contribution is -2.32. The first-order chi connectivity index (χ1) is 7.79. The van der Waals surface area contributed by atoms with Crippen LogP contribution in [0.5, 0.6) is 0 Å². The third kappa shape index (κ3) is 2.94. The molecule has 0 spiro atoms. The first kappa shape index (κ1) is 13.9. The average Bonchev–Trinajstić information content (AvgIpc) is 2.28. The number of nitro benzene ring substituents is 1. The molecule has 0 radical (unpaired) electrons. The zero-order valence-electron chi connectivity index (χ0n) is 9.68. The van der Waals surface area contributed by atoms with Crippen LogP contribution in [0, 0.1) is 15.5 Å². The minimum atomic E-state index is -0.598. The summed E-state index contributed by atoms with van der Waals surface area (Å²) in [6, 6.07) is 3.55. The van der Waals surface area contributed by atoms with Gasteiger partial charge >= 0.3 is 0 Å². The number of nitrogens with two attached hydrogens (primary N) is 1. The molecule has 0 saturated heterocycles. The number of hydrogen-bond acceptors (Lipinski definition) is 4. The fraction of sp³-hybridized carbons (Fsp3) is 0.455. The normalized spacial score (nSPS) is 13.5. The summed E-state index contributed by atoms with van der Waals surface area (Å²) >= 11 is 5.97. The molecule has 0 aromatic heterocycles. The summed E-state index contributed by atoms with van der Waals surface area (Å²) in [5.74, 6) is 0. The van der Waals surface area contributed by atoms with Crippen molar-refractivity contribution in [1.82, 2.24) is 0 Å². The van der Waals surface area contributed by atoms with E-state index in [0.717, 1.165) is 0 Å². The summed E-state index contributed by atoms with van der Waals surface area (Å²) in [4.78, 5) is 10.2. The molecule has 1 atom stereocenters. The molecule has 17 heavy (non-hydrogen) atoms. The molecule has 1 rings (SSSR count). The van der Waals surface area contributed by atoms with Crippen molar-refractivity contribution in [3.63, 3.8) is 0 Å². The van der Waals surface area contributed by atoms with E-state index < -0.39 is 16.4 Å². The largest absolute Gasteiger partial charge is 0.396 e. The van der Waals surface area contributed by atoms with Crippen molar-refractivity contribution in [2.45, 2.75) is 19.9 Å². The highest BCUT2D eigenvalue weighted by Gasteiger charge is 2.29. The number of benzene rings is 1. The number of nitrogens with zero attached hydrogens (tertiary/aromatic N) is 1. The third-order valence-corrected chi connectivity index (χ3v) is 3.12. The van der Waals surface area contributed by atoms with Gasteiger partial charge in [0.2, 0.25) is 0 Å². The number of aliphatic hydroxyl groups is 1. The lowest BCUT2D eigenvalue weighted by molar-refractivity contribution is -0.384. The van der Waals surface area contributed by atoms with Crippen molar-refractivity contribution in [3.8, 4) is 0 Å². The van der Waals surface area contributed by atoms with Gasteiger partial charge in [-0.2, -0.15) is 0 Å². The maximum Gasteiger partial charge on any atom is 0.269 e. The predicted octanol–water partition coefficient (Wildman–Crippen LogP) is 2.27. The van der Waals surface area contributed by atoms with Gasteiger partial charge in [0.05, 0.1) is 4.92 Å². The van der Waals surface area contributed by atoms with Crippen LogP contribution in [0.3, 0.4) is 0 Å². The summed E-state index contributed by atoms with van der Waals surface area (Å²) in [6.45, 7) is 3.41. The molecule has 0 aliphatic rings. The quantitative estimate of drug-likeness (QED) is 0.640. The average molecular weight is 259 g/mol. The van der Waals surface area contributed by atoms with Crippen LogP contribution >= 0.6 is 11.6 Å². The van der Waals surface area contributed by atoms with E-state index in [4.69, 9.17) is 17.3 Å². The van der Waals surface area contributed by atoms with E-state index in [0.29, 0.717) is 10.6 Å². The van der Waals surface area contributed by atoms with Crippen LogP contribution in [0.2, 0.25) is 5.02 Å². The van der Waals surface area contributed by atoms with Crippen molar-refractivity contribution in [2.24, 2.45) is 11.1 Å². The number of halogens is 1. The Morgan fingerprint density at radius 2 is 2.18 bits per heavy atom. The van der Waals surface area contributed by atoms with Crippen molar-refractivity contribution < 1.29 is 10.0 Å². The maximum absolute atomic E-state index is 10.7. The zero-order chi connectivity index (χ0) is 13.2. The van der Waals surface area contributed by atoms with Crippen LogP contribution in [0.15, 0.2) is 18.2 Å². The van der Waals surface area contributed by atoms with Crippen molar-refractivity contribution >= 4 is 17.3 Å². The molecule has 0 aliphatic heterocycles. The topological polar surface area (TPSA) is 89.4 Å². The number of hydrogen-bond donors (Lipinski definition) is 2. The Kier molecular flexibility index (Phi) is 4.08. The minimum Gasteiger partial charge on any atom is -0.396 e. The molecule has 0 aliphatic carbocycles. The van der Waals surface area contributed by atoms with Crippen LogP contribution in [-0.2, 0) is 0 Å². The summed E-state index contributed by atoms with van der Waals surface area (Å²) in [5.41, 5.74) is 5.80. The van der Waals surface area contributed by atoms with E-state index >= 15 is 0 Å². The van der Waals surface area contributed by atoms with Crippen molar-refractivity contribution in [2.75, 3.05) is 6.61 Å². The van der Waals surface area contributed by atoms with Crippen molar-refractivity contribution in [1.29, 1.82) is 0 Å². The van der Waals surface area contributed by atoms with E-state index in [1.54, 1.807) is 13.8 Å². The molecular weight excluding hydrogens is 244 g/mol. The summed E-state index contributed by atoms with van der Waals surface area (Å²) in [6.07, 6.45) is 0. The van der Waals surface area contributed by atoms with Gasteiger partial charge in [0.15, 0.2) is 0 Å². The van der Waals surface area contributed by atoms with Gasteiger partial charge in [0.25, 0.3) is 5.69 Å². The van der Waals surface area contributed by atoms with Crippen LogP contribution in [0.4, 0.5) is 5.69 Å². The first-order valence-corrected chi connectivity index (χ1v) is 5.47. The predicted molar refractivity (Wildman–Crippen MR) is 65.9 cm³/mol. The maximum atomic E-state index is 10.7. The molecule has 0 heterocycles. The number of nitro groups is 1. The highest BCUT2D eigenvalue weighted by Crippen LogP contribution is 2.36. The molecule has 94 valence electrons. The molecule has 6 heteroatoms. The minimum absolute atomic E-state index is 0.0615. The van der Waals surface area contributed by atoms with E-state index in [1.807, 2.05) is 0 Å². The van der Waals surface area contributed by atoms with Crippen LogP contribution in [0.1, 0.15) is 25.5 Å². The molecular formula is C11H15ClN2O3. The third-order valence-electron chi connectivity index (χ3n) is 2.77. The molecule has 0 bridgehead atoms. The Labute approximate surface area is 104 Å². The molecule has 0 amide bonds. The lowest BCUT2D eigenvalue weighted by Gasteiger charge is -2.30. The smallest absolute Gasteiger partial charge is 0.269 e. The summed E-state index contributed by atoms with van der Waals surface area (Å²) in [5, 5.41) is 20.3. The van der Waals surface area contributed by atoms with Gasteiger partial charge in [0.1, 0.15) is 0 Å². The Morgan fingerprint density at radius 1 is 1.59 bits per heavy atom. The highest BCUT2D eigenvalue weighted by atomic mass is 35.5. The van der Waals surface area contributed by atoms with Crippen LogP contribution in [-0.4, -0.2) is 16.6 Å². The molecule has 0 saturated carbocycles. The monoisotopic (exact) mass is 258 g/mol. The molecule has 3 N–H and O–H groups in total. The molecule has 5 nitrogen and oxygen atoms in total. The van der Waals surface area contributed by atoms with Gasteiger partial charge in [-0.15, -0.1) is 0 Å². The van der Waals surface area contributed by atoms with E-state index in [2.05, 4.69) is 0 Å². The number of rotatable bonds is 4. The standard InChI is InChI=1S/C11H15ClN2O3/c1-11(2,6-15)10(13)8-5-7(14(16)17)3-4-9(8)12/h3-5,10,15H,6,13H2,1-2H3/t10-/m1/s1. The van der Waals surface area contributed by atoms with Crippen LogP contribution < -0.4 is 5.73 Å². The molecule has 1 aromatic carbocycles. The Bertz CT molecular complexity index is 435. The lowest BCUT2D eigenvalue weighted by atomic mass is 9.81. The Hall–Kier alpha value is -1.17. The van der Waals surface area contributed by atoms with Gasteiger partial charge in [-0.25, -0.2) is 0 Å². The van der Waals surface area contributed by atoms with Crippen molar-refractivity contribution in [3.05, 3.63) is 38.9 Å². The fourth-order valence-electron chi connectivity index (χ4n) is 1.40. The molecule has 0 unspecified atom stereocenters. The highest BCUT2D eigenvalue weighted by molar-refractivity contribution is 6.31. The number of non-ortho nitro benzene ring substituents is 1. The van der Waals surface area contributed by atoms with Gasteiger partial charge < -0.3 is 10.8 Å². The second kappa shape index (κ2) is 5.00. The molecule has 1 aromatic rings. The van der Waals surface area contributed by atoms with E-state index in [1.165, 1.54) is 18.2 Å². The Morgan fingerprint density at radius 3 is 2.65 bits per heavy atom. The van der Waals surface area contributed by atoms with Crippen LogP contribution in [0.25, 0.3) is 0 Å². The van der Waals surface area contributed by atoms with Gasteiger partial charge in [0, 0.05) is 35.2 Å². The second-order valence-corrected chi connectivity index (χ2v) is 4.99. The van der Waals surface area contributed by atoms with Gasteiger partial charge in [-0.1, -0.05) is 25.4 Å². The van der Waals surface area contributed by atoms with Gasteiger partial charge in [-0.3, -0.25) is 10.1 Å². The first-order valence-electron chi connectivity index (χ1n) is 5.10. The SMILES string of the molecule is CC(C)(CO)[C@H](N)c1cc([N+](=O)[O-])ccc1Cl. The Balaban J connectivity index is 3.21. The summed E-state index contributed by atoms with van der Waals surface area (Å²) in [7, 11) is 0. The van der Waals surface area contributed by atoms with E-state index in [-0.39, 0.29) is 12.3 Å². The van der Waals surface area contributed by atoms with Gasteiger partial charge in [-0.05, 0) is 11.6 Å². The number of aliphatic hydroxyl groups excluding tert-OH is 1. The zero-order valence-corrected chi connectivity index (χ0v) is 10.4. The summed E-state index contributed by atoms with van der Waals surface area (Å²) < 4.78 is 0. The molecule has 0 fully saturated rings. The second-order valence-electron chi connectivity index (χ2n) is 4.59. The fourth-order valence-corrected chi connectivity index (χ4v) is 1.64. The van der Waals surface area contributed by atoms with E-state index in [9.17, 15) is 15.2 Å².